The molecular formula is C16H15Cl2N5. The van der Waals surface area contributed by atoms with Crippen molar-refractivity contribution in [1.82, 2.24) is 19.7 Å². The Labute approximate surface area is 143 Å². The van der Waals surface area contributed by atoms with Gasteiger partial charge in [0.2, 0.25) is 0 Å². The maximum atomic E-state index is 6.24. The smallest absolute Gasteiger partial charge is 0.137 e. The molecule has 0 atom stereocenters. The number of aromatic nitrogens is 4. The van der Waals surface area contributed by atoms with E-state index in [1.54, 1.807) is 18.7 Å². The molecule has 1 N–H and O–H groups in total. The first-order valence-electron chi connectivity index (χ1n) is 7.53. The Morgan fingerprint density at radius 3 is 2.78 bits per heavy atom. The summed E-state index contributed by atoms with van der Waals surface area (Å²) in [6, 6.07) is 8.17. The molecule has 1 aliphatic rings. The maximum Gasteiger partial charge on any atom is 0.137 e. The molecule has 0 aliphatic heterocycles. The van der Waals surface area contributed by atoms with Crippen molar-refractivity contribution in [2.24, 2.45) is 5.92 Å². The molecule has 7 heteroatoms. The van der Waals surface area contributed by atoms with Crippen LogP contribution < -0.4 is 5.32 Å². The second kappa shape index (κ2) is 5.98. The largest absolute Gasteiger partial charge is 0.370 e. The molecule has 23 heavy (non-hydrogen) atoms. The highest BCUT2D eigenvalue weighted by Crippen LogP contribution is 2.37. The molecular weight excluding hydrogens is 333 g/mol. The first-order chi connectivity index (χ1) is 11.2. The van der Waals surface area contributed by atoms with Gasteiger partial charge in [0.05, 0.1) is 21.6 Å². The minimum Gasteiger partial charge on any atom is -0.370 e. The van der Waals surface area contributed by atoms with Crippen LogP contribution in [0.3, 0.4) is 0 Å². The lowest BCUT2D eigenvalue weighted by atomic mass is 9.80. The minimum atomic E-state index is 0.474. The summed E-state index contributed by atoms with van der Waals surface area (Å²) in [4.78, 5) is 8.57. The van der Waals surface area contributed by atoms with E-state index in [2.05, 4.69) is 20.4 Å². The summed E-state index contributed by atoms with van der Waals surface area (Å²) in [5, 5.41) is 9.60. The maximum absolute atomic E-state index is 6.24. The molecule has 118 valence electrons. The van der Waals surface area contributed by atoms with Crippen LogP contribution in [0.1, 0.15) is 18.9 Å². The fourth-order valence-electron chi connectivity index (χ4n) is 2.97. The van der Waals surface area contributed by atoms with Gasteiger partial charge in [-0.1, -0.05) is 29.3 Å². The number of hydrogen-bond donors (Lipinski definition) is 1. The lowest BCUT2D eigenvalue weighted by Gasteiger charge is -2.35. The molecule has 0 unspecified atom stereocenters. The molecule has 3 aromatic rings. The molecule has 2 aromatic heterocycles. The Balaban J connectivity index is 1.40. The third-order valence-corrected chi connectivity index (χ3v) is 5.14. The standard InChI is InChI=1S/C16H15Cl2N5/c17-13-3-1-11-2-4-14(22-16(11)15(13)18)20-7-10-5-12(6-10)23-9-19-8-21-23/h1-4,8-10,12H,5-7H2,(H,20,22). The number of anilines is 1. The van der Waals surface area contributed by atoms with E-state index in [0.717, 1.165) is 36.1 Å². The van der Waals surface area contributed by atoms with Gasteiger partial charge in [-0.25, -0.2) is 14.6 Å². The molecule has 1 saturated carbocycles. The van der Waals surface area contributed by atoms with Gasteiger partial charge < -0.3 is 5.32 Å². The average molecular weight is 348 g/mol. The van der Waals surface area contributed by atoms with E-state index in [-0.39, 0.29) is 0 Å². The van der Waals surface area contributed by atoms with Gasteiger partial charge in [-0.3, -0.25) is 0 Å². The van der Waals surface area contributed by atoms with Crippen molar-refractivity contribution >= 4 is 39.9 Å². The summed E-state index contributed by atoms with van der Waals surface area (Å²) in [5.74, 6) is 1.45. The number of hydrogen-bond acceptors (Lipinski definition) is 4. The van der Waals surface area contributed by atoms with E-state index in [9.17, 15) is 0 Å². The molecule has 0 saturated heterocycles. The van der Waals surface area contributed by atoms with Crippen LogP contribution in [0, 0.1) is 5.92 Å². The van der Waals surface area contributed by atoms with Gasteiger partial charge in [0.25, 0.3) is 0 Å². The number of nitrogens with zero attached hydrogens (tertiary/aromatic N) is 4. The lowest BCUT2D eigenvalue weighted by molar-refractivity contribution is 0.193. The summed E-state index contributed by atoms with van der Waals surface area (Å²) < 4.78 is 1.94. The molecule has 0 bridgehead atoms. The van der Waals surface area contributed by atoms with Gasteiger partial charge >= 0.3 is 0 Å². The van der Waals surface area contributed by atoms with Gasteiger partial charge in [-0.15, -0.1) is 0 Å². The Hall–Kier alpha value is -1.85. The van der Waals surface area contributed by atoms with Crippen LogP contribution >= 0.6 is 23.2 Å². The predicted octanol–water partition coefficient (Wildman–Crippen LogP) is 4.20. The molecule has 0 spiro atoms. The van der Waals surface area contributed by atoms with Crippen LogP contribution in [0.2, 0.25) is 10.0 Å². The monoisotopic (exact) mass is 347 g/mol. The summed E-state index contributed by atoms with van der Waals surface area (Å²) in [5.41, 5.74) is 0.735. The van der Waals surface area contributed by atoms with Crippen molar-refractivity contribution in [2.45, 2.75) is 18.9 Å². The molecule has 0 amide bonds. The fraction of sp³-hybridized carbons (Fsp3) is 0.312. The van der Waals surface area contributed by atoms with Gasteiger partial charge in [0.15, 0.2) is 0 Å². The quantitative estimate of drug-likeness (QED) is 0.768. The molecule has 5 nitrogen and oxygen atoms in total. The highest BCUT2D eigenvalue weighted by atomic mass is 35.5. The molecule has 4 rings (SSSR count). The Kier molecular flexibility index (Phi) is 3.83. The number of nitrogens with one attached hydrogen (secondary N) is 1. The highest BCUT2D eigenvalue weighted by Gasteiger charge is 2.30. The van der Waals surface area contributed by atoms with Crippen molar-refractivity contribution in [3.63, 3.8) is 0 Å². The average Bonchev–Trinajstić information content (AvgIpc) is 3.04. The van der Waals surface area contributed by atoms with Gasteiger partial charge in [0, 0.05) is 11.9 Å². The fourth-order valence-corrected chi connectivity index (χ4v) is 3.33. The number of pyridine rings is 1. The molecule has 2 heterocycles. The zero-order chi connectivity index (χ0) is 15.8. The summed E-state index contributed by atoms with van der Waals surface area (Å²) >= 11 is 12.3. The number of halogens is 2. The second-order valence-electron chi connectivity index (χ2n) is 5.88. The van der Waals surface area contributed by atoms with Crippen LogP contribution in [-0.2, 0) is 0 Å². The van der Waals surface area contributed by atoms with E-state index in [1.807, 2.05) is 22.9 Å². The van der Waals surface area contributed by atoms with Crippen molar-refractivity contribution in [1.29, 1.82) is 0 Å². The summed E-state index contributed by atoms with van der Waals surface area (Å²) in [6.45, 7) is 0.891. The van der Waals surface area contributed by atoms with Crippen LogP contribution in [0.15, 0.2) is 36.9 Å². The highest BCUT2D eigenvalue weighted by molar-refractivity contribution is 6.45. The van der Waals surface area contributed by atoms with Gasteiger partial charge in [-0.2, -0.15) is 5.10 Å². The Morgan fingerprint density at radius 2 is 2.00 bits per heavy atom. The first-order valence-corrected chi connectivity index (χ1v) is 8.29. The van der Waals surface area contributed by atoms with Crippen molar-refractivity contribution < 1.29 is 0 Å². The van der Waals surface area contributed by atoms with Crippen LogP contribution in [-0.4, -0.2) is 26.3 Å². The Bertz CT molecular complexity index is 828. The molecule has 1 aromatic carbocycles. The van der Waals surface area contributed by atoms with Crippen molar-refractivity contribution in [3.8, 4) is 0 Å². The van der Waals surface area contributed by atoms with E-state index in [0.29, 0.717) is 22.0 Å². The second-order valence-corrected chi connectivity index (χ2v) is 6.66. The normalized spacial score (nSPS) is 20.4. The van der Waals surface area contributed by atoms with Crippen LogP contribution in [0.25, 0.3) is 10.9 Å². The van der Waals surface area contributed by atoms with Gasteiger partial charge in [-0.05, 0) is 37.0 Å². The molecule has 1 fully saturated rings. The van der Waals surface area contributed by atoms with E-state index in [1.165, 1.54) is 0 Å². The molecule has 0 radical (unpaired) electrons. The van der Waals surface area contributed by atoms with Crippen molar-refractivity contribution in [3.05, 3.63) is 47.0 Å². The van der Waals surface area contributed by atoms with Crippen molar-refractivity contribution in [2.75, 3.05) is 11.9 Å². The van der Waals surface area contributed by atoms with Gasteiger partial charge in [0.1, 0.15) is 18.5 Å². The number of fused-ring (bicyclic) bond motifs is 1. The number of rotatable bonds is 4. The molecule has 1 aliphatic carbocycles. The lowest BCUT2D eigenvalue weighted by Crippen LogP contribution is -2.32. The van der Waals surface area contributed by atoms with E-state index >= 15 is 0 Å². The zero-order valence-corrected chi connectivity index (χ0v) is 13.8. The topological polar surface area (TPSA) is 55.6 Å². The zero-order valence-electron chi connectivity index (χ0n) is 12.3. The third-order valence-electron chi connectivity index (χ3n) is 4.35. The van der Waals surface area contributed by atoms with Crippen LogP contribution in [0.4, 0.5) is 5.82 Å². The van der Waals surface area contributed by atoms with E-state index in [4.69, 9.17) is 23.2 Å². The third kappa shape index (κ3) is 2.86. The van der Waals surface area contributed by atoms with Crippen LogP contribution in [0.5, 0.6) is 0 Å². The number of benzene rings is 1. The summed E-state index contributed by atoms with van der Waals surface area (Å²) in [6.07, 6.45) is 5.58. The van der Waals surface area contributed by atoms with E-state index < -0.39 is 0 Å². The Morgan fingerprint density at radius 1 is 1.17 bits per heavy atom. The summed E-state index contributed by atoms with van der Waals surface area (Å²) in [7, 11) is 0. The predicted molar refractivity (Wildman–Crippen MR) is 92.0 cm³/mol. The SMILES string of the molecule is Clc1ccc2ccc(NCC3CC(n4cncn4)C3)nc2c1Cl. The first kappa shape index (κ1) is 14.7. The minimum absolute atomic E-state index is 0.474.